The highest BCUT2D eigenvalue weighted by Gasteiger charge is 2.31. The molecular formula is C15H13BrN2O2. The lowest BCUT2D eigenvalue weighted by atomic mass is 9.99. The highest BCUT2D eigenvalue weighted by Crippen LogP contribution is 2.35. The van der Waals surface area contributed by atoms with Crippen LogP contribution in [0.15, 0.2) is 34.9 Å². The van der Waals surface area contributed by atoms with Crippen LogP contribution in [0, 0.1) is 13.8 Å². The zero-order valence-corrected chi connectivity index (χ0v) is 12.7. The number of aromatic nitrogens is 1. The second kappa shape index (κ2) is 4.90. The fourth-order valence-corrected chi connectivity index (χ4v) is 2.53. The summed E-state index contributed by atoms with van der Waals surface area (Å²) in [6.45, 7) is 3.97. The molecule has 5 heteroatoms. The Kier molecular flexibility index (Phi) is 3.22. The Morgan fingerprint density at radius 3 is 2.85 bits per heavy atom. The van der Waals surface area contributed by atoms with Gasteiger partial charge in [0.15, 0.2) is 11.6 Å². The molecule has 1 amide bonds. The Morgan fingerprint density at radius 1 is 1.25 bits per heavy atom. The van der Waals surface area contributed by atoms with Crippen molar-refractivity contribution in [1.29, 1.82) is 0 Å². The molecule has 102 valence electrons. The van der Waals surface area contributed by atoms with Crippen LogP contribution >= 0.6 is 15.9 Å². The molecule has 0 fully saturated rings. The largest absolute Gasteiger partial charge is 0.472 e. The van der Waals surface area contributed by atoms with E-state index in [1.165, 1.54) is 0 Å². The number of aryl methyl sites for hydroxylation is 2. The number of halogens is 1. The standard InChI is InChI=1S/C15H13BrN2O2/c1-8-3-4-9(2)10(7-8)13-15(19)18-14-11(20-13)5-6-12(16)17-14/h3-7,13H,1-2H3,(H,17,18,19). The summed E-state index contributed by atoms with van der Waals surface area (Å²) in [4.78, 5) is 16.4. The number of ether oxygens (including phenoxy) is 1. The van der Waals surface area contributed by atoms with Gasteiger partial charge >= 0.3 is 0 Å². The minimum absolute atomic E-state index is 0.197. The second-order valence-corrected chi connectivity index (χ2v) is 5.64. The normalized spacial score (nSPS) is 17.1. The molecule has 2 heterocycles. The van der Waals surface area contributed by atoms with Crippen LogP contribution in [0.3, 0.4) is 0 Å². The van der Waals surface area contributed by atoms with E-state index in [-0.39, 0.29) is 5.91 Å². The topological polar surface area (TPSA) is 51.2 Å². The lowest BCUT2D eigenvalue weighted by Crippen LogP contribution is -2.31. The summed E-state index contributed by atoms with van der Waals surface area (Å²) in [7, 11) is 0. The zero-order chi connectivity index (χ0) is 14.3. The molecule has 0 spiro atoms. The number of carbonyl (C=O) groups is 1. The lowest BCUT2D eigenvalue weighted by molar-refractivity contribution is -0.123. The van der Waals surface area contributed by atoms with E-state index in [2.05, 4.69) is 26.2 Å². The van der Waals surface area contributed by atoms with E-state index in [0.29, 0.717) is 16.2 Å². The van der Waals surface area contributed by atoms with Gasteiger partial charge in [0.1, 0.15) is 4.60 Å². The van der Waals surface area contributed by atoms with E-state index in [1.807, 2.05) is 32.0 Å². The third-order valence-corrected chi connectivity index (χ3v) is 3.71. The maximum atomic E-state index is 12.2. The summed E-state index contributed by atoms with van der Waals surface area (Å²) in [5.41, 5.74) is 3.02. The van der Waals surface area contributed by atoms with Crippen molar-refractivity contribution in [2.24, 2.45) is 0 Å². The van der Waals surface area contributed by atoms with Crippen LogP contribution in [-0.2, 0) is 4.79 Å². The van der Waals surface area contributed by atoms with Gasteiger partial charge in [-0.3, -0.25) is 4.79 Å². The van der Waals surface area contributed by atoms with E-state index in [0.717, 1.165) is 16.7 Å². The fraction of sp³-hybridized carbons (Fsp3) is 0.200. The van der Waals surface area contributed by atoms with Gasteiger partial charge in [-0.05, 0) is 47.5 Å². The number of carbonyl (C=O) groups excluding carboxylic acids is 1. The number of amides is 1. The van der Waals surface area contributed by atoms with Gasteiger partial charge in [0.05, 0.1) is 0 Å². The molecule has 0 radical (unpaired) electrons. The summed E-state index contributed by atoms with van der Waals surface area (Å²) in [5, 5.41) is 2.79. The molecule has 1 aromatic heterocycles. The van der Waals surface area contributed by atoms with Crippen molar-refractivity contribution >= 4 is 27.7 Å². The SMILES string of the molecule is Cc1ccc(C)c(C2Oc3ccc(Br)nc3NC2=O)c1. The molecule has 1 N–H and O–H groups in total. The second-order valence-electron chi connectivity index (χ2n) is 4.83. The smallest absolute Gasteiger partial charge is 0.271 e. The molecule has 2 aromatic rings. The molecule has 1 atom stereocenters. The van der Waals surface area contributed by atoms with Crippen molar-refractivity contribution in [3.05, 3.63) is 51.6 Å². The Morgan fingerprint density at radius 2 is 2.05 bits per heavy atom. The number of nitrogens with one attached hydrogen (secondary N) is 1. The number of pyridine rings is 1. The predicted molar refractivity (Wildman–Crippen MR) is 79.9 cm³/mol. The number of rotatable bonds is 1. The van der Waals surface area contributed by atoms with E-state index in [9.17, 15) is 4.79 Å². The van der Waals surface area contributed by atoms with Crippen LogP contribution < -0.4 is 10.1 Å². The van der Waals surface area contributed by atoms with Crippen molar-refractivity contribution in [1.82, 2.24) is 4.98 Å². The van der Waals surface area contributed by atoms with Crippen molar-refractivity contribution < 1.29 is 9.53 Å². The number of anilines is 1. The van der Waals surface area contributed by atoms with Gasteiger partial charge in [-0.15, -0.1) is 0 Å². The molecule has 1 aliphatic rings. The monoisotopic (exact) mass is 332 g/mol. The first-order chi connectivity index (χ1) is 9.54. The zero-order valence-electron chi connectivity index (χ0n) is 11.1. The van der Waals surface area contributed by atoms with Gasteiger partial charge in [-0.2, -0.15) is 0 Å². The van der Waals surface area contributed by atoms with Crippen molar-refractivity contribution in [2.75, 3.05) is 5.32 Å². The molecule has 0 saturated carbocycles. The number of hydrogen-bond acceptors (Lipinski definition) is 3. The Balaban J connectivity index is 2.02. The van der Waals surface area contributed by atoms with Crippen LogP contribution in [0.1, 0.15) is 22.8 Å². The van der Waals surface area contributed by atoms with Crippen LogP contribution in [0.4, 0.5) is 5.82 Å². The molecule has 1 aromatic carbocycles. The Labute approximate surface area is 125 Å². The third kappa shape index (κ3) is 2.29. The molecule has 3 rings (SSSR count). The molecule has 0 bridgehead atoms. The average Bonchev–Trinajstić information content (AvgIpc) is 2.41. The van der Waals surface area contributed by atoms with Crippen molar-refractivity contribution in [3.8, 4) is 5.75 Å². The molecule has 20 heavy (non-hydrogen) atoms. The first-order valence-corrected chi connectivity index (χ1v) is 7.05. The molecule has 4 nitrogen and oxygen atoms in total. The average molecular weight is 333 g/mol. The van der Waals surface area contributed by atoms with Gasteiger partial charge in [0, 0.05) is 5.56 Å². The van der Waals surface area contributed by atoms with E-state index >= 15 is 0 Å². The van der Waals surface area contributed by atoms with Gasteiger partial charge in [0.2, 0.25) is 6.10 Å². The molecule has 1 unspecified atom stereocenters. The Bertz CT molecular complexity index is 700. The van der Waals surface area contributed by atoms with Crippen molar-refractivity contribution in [3.63, 3.8) is 0 Å². The summed E-state index contributed by atoms with van der Waals surface area (Å²) in [5.74, 6) is 0.835. The van der Waals surface area contributed by atoms with Crippen molar-refractivity contribution in [2.45, 2.75) is 20.0 Å². The summed E-state index contributed by atoms with van der Waals surface area (Å²) < 4.78 is 6.48. The maximum absolute atomic E-state index is 12.2. The summed E-state index contributed by atoms with van der Waals surface area (Å²) in [6.07, 6.45) is -0.634. The first-order valence-electron chi connectivity index (χ1n) is 6.26. The number of benzene rings is 1. The van der Waals surface area contributed by atoms with Gasteiger partial charge in [-0.1, -0.05) is 23.8 Å². The van der Waals surface area contributed by atoms with Gasteiger partial charge in [0.25, 0.3) is 5.91 Å². The summed E-state index contributed by atoms with van der Waals surface area (Å²) >= 11 is 3.27. The number of hydrogen-bond donors (Lipinski definition) is 1. The highest BCUT2D eigenvalue weighted by molar-refractivity contribution is 9.10. The van der Waals surface area contributed by atoms with E-state index in [4.69, 9.17) is 4.74 Å². The van der Waals surface area contributed by atoms with E-state index in [1.54, 1.807) is 12.1 Å². The van der Waals surface area contributed by atoms with Crippen LogP contribution in [0.2, 0.25) is 0 Å². The van der Waals surface area contributed by atoms with E-state index < -0.39 is 6.10 Å². The molecule has 0 saturated heterocycles. The highest BCUT2D eigenvalue weighted by atomic mass is 79.9. The fourth-order valence-electron chi connectivity index (χ4n) is 2.22. The van der Waals surface area contributed by atoms with Gasteiger partial charge < -0.3 is 10.1 Å². The van der Waals surface area contributed by atoms with Gasteiger partial charge in [-0.25, -0.2) is 4.98 Å². The van der Waals surface area contributed by atoms with Crippen LogP contribution in [-0.4, -0.2) is 10.9 Å². The predicted octanol–water partition coefficient (Wildman–Crippen LogP) is 3.53. The summed E-state index contributed by atoms with van der Waals surface area (Å²) in [6, 6.07) is 9.58. The number of fused-ring (bicyclic) bond motifs is 1. The number of nitrogens with zero attached hydrogens (tertiary/aromatic N) is 1. The quantitative estimate of drug-likeness (QED) is 0.812. The Hall–Kier alpha value is -1.88. The third-order valence-electron chi connectivity index (χ3n) is 3.27. The minimum Gasteiger partial charge on any atom is -0.472 e. The van der Waals surface area contributed by atoms with Crippen LogP contribution in [0.25, 0.3) is 0 Å². The molecule has 0 aliphatic carbocycles. The minimum atomic E-state index is -0.634. The lowest BCUT2D eigenvalue weighted by Gasteiger charge is -2.26. The molecular weight excluding hydrogens is 320 g/mol. The maximum Gasteiger partial charge on any atom is 0.271 e. The first kappa shape index (κ1) is 13.1. The molecule has 1 aliphatic heterocycles. The van der Waals surface area contributed by atoms with Crippen LogP contribution in [0.5, 0.6) is 5.75 Å².